The summed E-state index contributed by atoms with van der Waals surface area (Å²) in [7, 11) is -1.39. The van der Waals surface area contributed by atoms with E-state index in [4.69, 9.17) is 14.4 Å². The van der Waals surface area contributed by atoms with Gasteiger partial charge in [-0.1, -0.05) is 18.7 Å². The van der Waals surface area contributed by atoms with E-state index in [1.165, 1.54) is 7.11 Å². The van der Waals surface area contributed by atoms with Gasteiger partial charge in [0.25, 0.3) is 0 Å². The summed E-state index contributed by atoms with van der Waals surface area (Å²) in [5.41, 5.74) is 0.736. The Kier molecular flexibility index (Phi) is 5.77. The number of hydrogen-bond acceptors (Lipinski definition) is 4. The van der Waals surface area contributed by atoms with Crippen molar-refractivity contribution in [3.05, 3.63) is 36.4 Å². The minimum atomic E-state index is -2.91. The summed E-state index contributed by atoms with van der Waals surface area (Å²) in [6.45, 7) is 4.00. The maximum absolute atomic E-state index is 10.4. The summed E-state index contributed by atoms with van der Waals surface area (Å²) < 4.78 is 25.6. The van der Waals surface area contributed by atoms with E-state index in [1.54, 1.807) is 24.3 Å². The largest absolute Gasteiger partial charge is 0.493 e. The van der Waals surface area contributed by atoms with E-state index in [2.05, 4.69) is 11.1 Å². The SMILES string of the molecule is C=CCOc1ccc(CO[PH](=O)O)cc1OC. The van der Waals surface area contributed by atoms with E-state index in [-0.39, 0.29) is 6.61 Å². The Morgan fingerprint density at radius 1 is 1.47 bits per heavy atom. The summed E-state index contributed by atoms with van der Waals surface area (Å²) >= 11 is 0. The average molecular weight is 258 g/mol. The zero-order valence-electron chi connectivity index (χ0n) is 9.51. The van der Waals surface area contributed by atoms with Crippen molar-refractivity contribution in [2.24, 2.45) is 0 Å². The molecule has 1 unspecified atom stereocenters. The van der Waals surface area contributed by atoms with Crippen molar-refractivity contribution in [2.45, 2.75) is 6.61 Å². The fourth-order valence-electron chi connectivity index (χ4n) is 1.21. The lowest BCUT2D eigenvalue weighted by Gasteiger charge is -2.10. The molecule has 0 fully saturated rings. The Hall–Kier alpha value is -1.29. The highest BCUT2D eigenvalue weighted by Gasteiger charge is 2.06. The van der Waals surface area contributed by atoms with Crippen molar-refractivity contribution >= 4 is 8.25 Å². The van der Waals surface area contributed by atoms with E-state index < -0.39 is 8.25 Å². The van der Waals surface area contributed by atoms with Crippen LogP contribution in [0.5, 0.6) is 11.5 Å². The van der Waals surface area contributed by atoms with Crippen LogP contribution in [0.4, 0.5) is 0 Å². The van der Waals surface area contributed by atoms with Crippen molar-refractivity contribution in [1.29, 1.82) is 0 Å². The molecular formula is C11H15O5P. The van der Waals surface area contributed by atoms with Crippen LogP contribution in [-0.2, 0) is 15.7 Å². The van der Waals surface area contributed by atoms with E-state index >= 15 is 0 Å². The number of methoxy groups -OCH3 is 1. The lowest BCUT2D eigenvalue weighted by molar-refractivity contribution is 0.271. The van der Waals surface area contributed by atoms with Gasteiger partial charge in [-0.15, -0.1) is 0 Å². The van der Waals surface area contributed by atoms with Crippen LogP contribution in [0, 0.1) is 0 Å². The van der Waals surface area contributed by atoms with Crippen LogP contribution in [0.15, 0.2) is 30.9 Å². The number of benzene rings is 1. The van der Waals surface area contributed by atoms with Gasteiger partial charge in [0.1, 0.15) is 6.61 Å². The minimum Gasteiger partial charge on any atom is -0.493 e. The van der Waals surface area contributed by atoms with Crippen molar-refractivity contribution in [2.75, 3.05) is 13.7 Å². The molecule has 0 heterocycles. The molecule has 0 bridgehead atoms. The molecule has 0 saturated heterocycles. The molecule has 0 aliphatic heterocycles. The molecular weight excluding hydrogens is 243 g/mol. The summed E-state index contributed by atoms with van der Waals surface area (Å²) in [6, 6.07) is 5.16. The standard InChI is InChI=1S/C11H15O5P/c1-3-6-15-10-5-4-9(7-11(10)14-2)8-16-17(12)13/h3-5,7,17H,1,6,8H2,2H3,(H,12,13). The quantitative estimate of drug-likeness (QED) is 0.599. The first-order valence-corrected chi connectivity index (χ1v) is 6.20. The second-order valence-corrected chi connectivity index (χ2v) is 3.96. The molecule has 1 rings (SSSR count). The topological polar surface area (TPSA) is 65.0 Å². The zero-order chi connectivity index (χ0) is 12.7. The van der Waals surface area contributed by atoms with Crippen LogP contribution in [0.1, 0.15) is 5.56 Å². The molecule has 5 nitrogen and oxygen atoms in total. The highest BCUT2D eigenvalue weighted by atomic mass is 31.1. The molecule has 94 valence electrons. The van der Waals surface area contributed by atoms with E-state index in [9.17, 15) is 4.57 Å². The van der Waals surface area contributed by atoms with Gasteiger partial charge in [0.05, 0.1) is 13.7 Å². The number of ether oxygens (including phenoxy) is 2. The van der Waals surface area contributed by atoms with Gasteiger partial charge in [0, 0.05) is 0 Å². The average Bonchev–Trinajstić information content (AvgIpc) is 2.34. The fourth-order valence-corrected chi connectivity index (χ4v) is 1.50. The zero-order valence-corrected chi connectivity index (χ0v) is 10.5. The second kappa shape index (κ2) is 7.12. The van der Waals surface area contributed by atoms with E-state index in [0.29, 0.717) is 18.1 Å². The Labute approximate surface area is 101 Å². The molecule has 17 heavy (non-hydrogen) atoms. The Morgan fingerprint density at radius 2 is 2.24 bits per heavy atom. The van der Waals surface area contributed by atoms with Gasteiger partial charge in [-0.3, -0.25) is 4.57 Å². The molecule has 1 aromatic carbocycles. The van der Waals surface area contributed by atoms with Gasteiger partial charge in [-0.25, -0.2) is 0 Å². The first-order valence-electron chi connectivity index (χ1n) is 4.93. The van der Waals surface area contributed by atoms with Crippen LogP contribution < -0.4 is 9.47 Å². The molecule has 0 saturated carbocycles. The summed E-state index contributed by atoms with van der Waals surface area (Å²) in [4.78, 5) is 8.57. The molecule has 0 amide bonds. The monoisotopic (exact) mass is 258 g/mol. The fraction of sp³-hybridized carbons (Fsp3) is 0.273. The Balaban J connectivity index is 2.76. The predicted molar refractivity (Wildman–Crippen MR) is 64.7 cm³/mol. The minimum absolute atomic E-state index is 0.0619. The van der Waals surface area contributed by atoms with Crippen LogP contribution in [0.2, 0.25) is 0 Å². The lowest BCUT2D eigenvalue weighted by Crippen LogP contribution is -1.97. The molecule has 0 aliphatic carbocycles. The Bertz CT molecular complexity index is 405. The number of rotatable bonds is 7. The summed E-state index contributed by atoms with van der Waals surface area (Å²) in [5, 5.41) is 0. The molecule has 0 aliphatic rings. The van der Waals surface area contributed by atoms with Crippen molar-refractivity contribution in [3.8, 4) is 11.5 Å². The molecule has 0 aromatic heterocycles. The molecule has 1 atom stereocenters. The van der Waals surface area contributed by atoms with Gasteiger partial charge in [0.15, 0.2) is 11.5 Å². The predicted octanol–water partition coefficient (Wildman–Crippen LogP) is 2.16. The van der Waals surface area contributed by atoms with E-state index in [1.807, 2.05) is 0 Å². The van der Waals surface area contributed by atoms with E-state index in [0.717, 1.165) is 5.56 Å². The highest BCUT2D eigenvalue weighted by Crippen LogP contribution is 2.29. The van der Waals surface area contributed by atoms with Crippen molar-refractivity contribution in [3.63, 3.8) is 0 Å². The smallest absolute Gasteiger partial charge is 0.316 e. The van der Waals surface area contributed by atoms with Gasteiger partial charge < -0.3 is 18.9 Å². The van der Waals surface area contributed by atoms with Gasteiger partial charge in [-0.05, 0) is 17.7 Å². The maximum Gasteiger partial charge on any atom is 0.316 e. The number of hydrogen-bond donors (Lipinski definition) is 1. The summed E-state index contributed by atoms with van der Waals surface area (Å²) in [5.74, 6) is 1.14. The second-order valence-electron chi connectivity index (χ2n) is 3.14. The van der Waals surface area contributed by atoms with Crippen LogP contribution in [-0.4, -0.2) is 18.6 Å². The van der Waals surface area contributed by atoms with Crippen molar-refractivity contribution in [1.82, 2.24) is 0 Å². The third-order valence-electron chi connectivity index (χ3n) is 1.95. The molecule has 0 spiro atoms. The molecule has 6 heteroatoms. The first kappa shape index (κ1) is 13.8. The normalized spacial score (nSPS) is 11.9. The van der Waals surface area contributed by atoms with Crippen LogP contribution >= 0.6 is 8.25 Å². The van der Waals surface area contributed by atoms with Crippen LogP contribution in [0.25, 0.3) is 0 Å². The van der Waals surface area contributed by atoms with Gasteiger partial charge >= 0.3 is 8.25 Å². The van der Waals surface area contributed by atoms with Crippen molar-refractivity contribution < 1.29 is 23.5 Å². The first-order chi connectivity index (χ1) is 8.17. The Morgan fingerprint density at radius 3 is 2.82 bits per heavy atom. The molecule has 1 aromatic rings. The third-order valence-corrected chi connectivity index (χ3v) is 2.34. The highest BCUT2D eigenvalue weighted by molar-refractivity contribution is 7.32. The van der Waals surface area contributed by atoms with Gasteiger partial charge in [0.2, 0.25) is 0 Å². The lowest BCUT2D eigenvalue weighted by atomic mass is 10.2. The van der Waals surface area contributed by atoms with Gasteiger partial charge in [-0.2, -0.15) is 0 Å². The summed E-state index contributed by atoms with van der Waals surface area (Å²) in [6.07, 6.45) is 1.63. The van der Waals surface area contributed by atoms with Crippen LogP contribution in [0.3, 0.4) is 0 Å². The molecule has 1 N–H and O–H groups in total. The third kappa shape index (κ3) is 4.61. The molecule has 0 radical (unpaired) electrons. The maximum atomic E-state index is 10.4.